The highest BCUT2D eigenvalue weighted by atomic mass is 15.3. The Morgan fingerprint density at radius 2 is 2.11 bits per heavy atom. The highest BCUT2D eigenvalue weighted by Gasteiger charge is 2.19. The van der Waals surface area contributed by atoms with Crippen LogP contribution in [0.3, 0.4) is 0 Å². The van der Waals surface area contributed by atoms with Gasteiger partial charge in [-0.1, -0.05) is 18.2 Å². The second-order valence-corrected chi connectivity index (χ2v) is 7.10. The largest absolute Gasteiger partial charge is 0.384 e. The Bertz CT molecular complexity index is 1130. The molecule has 0 spiro atoms. The standard InChI is InChI=1S/C19H20N8/c20-16-4-2-13-5-11(1-3-15(13)16)9-27-10-12(8-22-27)6-14-7-17(21)23-19-18(14)24-26-25-19/h1,3,5,7-8,10,16H,2,4,6,9,20H2,(H3,21,23,24,25,26)/t16-/m0/s1. The zero-order valence-electron chi connectivity index (χ0n) is 14.8. The molecule has 3 aromatic heterocycles. The molecule has 0 bridgehead atoms. The van der Waals surface area contributed by atoms with Gasteiger partial charge in [0.25, 0.3) is 0 Å². The first-order valence-electron chi connectivity index (χ1n) is 9.00. The van der Waals surface area contributed by atoms with Crippen molar-refractivity contribution in [2.45, 2.75) is 31.8 Å². The van der Waals surface area contributed by atoms with Crippen LogP contribution in [0.5, 0.6) is 0 Å². The van der Waals surface area contributed by atoms with Crippen LogP contribution in [0, 0.1) is 0 Å². The summed E-state index contributed by atoms with van der Waals surface area (Å²) in [4.78, 5) is 4.18. The molecule has 3 heterocycles. The second kappa shape index (κ2) is 6.17. The Morgan fingerprint density at radius 3 is 3.04 bits per heavy atom. The first-order valence-corrected chi connectivity index (χ1v) is 9.00. The van der Waals surface area contributed by atoms with Gasteiger partial charge in [0.1, 0.15) is 11.3 Å². The summed E-state index contributed by atoms with van der Waals surface area (Å²) >= 11 is 0. The summed E-state index contributed by atoms with van der Waals surface area (Å²) in [6, 6.07) is 8.59. The average molecular weight is 360 g/mol. The average Bonchev–Trinajstić information content (AvgIpc) is 3.36. The number of fused-ring (bicyclic) bond motifs is 2. The molecule has 1 aliphatic rings. The third-order valence-electron chi connectivity index (χ3n) is 5.15. The minimum atomic E-state index is 0.187. The van der Waals surface area contributed by atoms with Crippen LogP contribution in [0.25, 0.3) is 11.2 Å². The van der Waals surface area contributed by atoms with Crippen molar-refractivity contribution in [1.82, 2.24) is 30.2 Å². The number of nitrogen functional groups attached to an aromatic ring is 1. The number of nitrogens with two attached hydrogens (primary N) is 2. The number of aromatic nitrogens is 6. The van der Waals surface area contributed by atoms with Gasteiger partial charge in [0.05, 0.1) is 12.7 Å². The highest BCUT2D eigenvalue weighted by molar-refractivity contribution is 5.76. The van der Waals surface area contributed by atoms with Crippen molar-refractivity contribution in [2.75, 3.05) is 5.73 Å². The molecule has 8 heteroatoms. The van der Waals surface area contributed by atoms with Crippen LogP contribution < -0.4 is 11.5 Å². The van der Waals surface area contributed by atoms with Crippen molar-refractivity contribution in [3.8, 4) is 0 Å². The minimum absolute atomic E-state index is 0.187. The molecule has 8 nitrogen and oxygen atoms in total. The lowest BCUT2D eigenvalue weighted by Gasteiger charge is -2.07. The van der Waals surface area contributed by atoms with Crippen molar-refractivity contribution in [3.05, 3.63) is 64.5 Å². The van der Waals surface area contributed by atoms with Crippen LogP contribution in [0.1, 0.15) is 40.3 Å². The highest BCUT2D eigenvalue weighted by Crippen LogP contribution is 2.30. The van der Waals surface area contributed by atoms with Crippen LogP contribution in [-0.2, 0) is 19.4 Å². The number of aryl methyl sites for hydroxylation is 1. The number of benzene rings is 1. The molecule has 5 rings (SSSR count). The van der Waals surface area contributed by atoms with Crippen LogP contribution in [-0.4, -0.2) is 30.2 Å². The molecule has 0 fully saturated rings. The van der Waals surface area contributed by atoms with E-state index in [1.54, 1.807) is 0 Å². The predicted molar refractivity (Wildman–Crippen MR) is 102 cm³/mol. The number of hydrogen-bond acceptors (Lipinski definition) is 6. The number of hydrogen-bond donors (Lipinski definition) is 3. The molecule has 5 N–H and O–H groups in total. The molecule has 0 saturated carbocycles. The lowest BCUT2D eigenvalue weighted by Crippen LogP contribution is -2.05. The number of aromatic amines is 1. The predicted octanol–water partition coefficient (Wildman–Crippen LogP) is 1.72. The molecular formula is C19H20N8. The van der Waals surface area contributed by atoms with Gasteiger partial charge >= 0.3 is 0 Å². The molecule has 27 heavy (non-hydrogen) atoms. The molecule has 0 saturated heterocycles. The van der Waals surface area contributed by atoms with Gasteiger partial charge in [-0.25, -0.2) is 4.98 Å². The summed E-state index contributed by atoms with van der Waals surface area (Å²) in [7, 11) is 0. The van der Waals surface area contributed by atoms with E-state index < -0.39 is 0 Å². The Morgan fingerprint density at radius 1 is 1.19 bits per heavy atom. The van der Waals surface area contributed by atoms with E-state index in [-0.39, 0.29) is 6.04 Å². The summed E-state index contributed by atoms with van der Waals surface area (Å²) < 4.78 is 1.95. The smallest absolute Gasteiger partial charge is 0.203 e. The van der Waals surface area contributed by atoms with E-state index in [1.807, 2.05) is 16.9 Å². The maximum absolute atomic E-state index is 6.13. The minimum Gasteiger partial charge on any atom is -0.384 e. The van der Waals surface area contributed by atoms with Crippen LogP contribution >= 0.6 is 0 Å². The zero-order valence-corrected chi connectivity index (χ0v) is 14.8. The van der Waals surface area contributed by atoms with Gasteiger partial charge in [-0.05, 0) is 46.7 Å². The maximum Gasteiger partial charge on any atom is 0.203 e. The molecule has 1 aliphatic carbocycles. The van der Waals surface area contributed by atoms with E-state index in [0.717, 1.165) is 36.0 Å². The summed E-state index contributed by atoms with van der Waals surface area (Å²) in [5.74, 6) is 0.440. The summed E-state index contributed by atoms with van der Waals surface area (Å²) in [6.07, 6.45) is 6.71. The van der Waals surface area contributed by atoms with Gasteiger partial charge in [0.15, 0.2) is 0 Å². The molecule has 1 aromatic carbocycles. The molecule has 1 atom stereocenters. The van der Waals surface area contributed by atoms with Crippen molar-refractivity contribution in [2.24, 2.45) is 5.73 Å². The first-order chi connectivity index (χ1) is 13.2. The third-order valence-corrected chi connectivity index (χ3v) is 5.15. The first kappa shape index (κ1) is 16.0. The molecule has 0 radical (unpaired) electrons. The van der Waals surface area contributed by atoms with Crippen LogP contribution in [0.15, 0.2) is 36.7 Å². The Hall–Kier alpha value is -3.26. The van der Waals surface area contributed by atoms with Crippen LogP contribution in [0.2, 0.25) is 0 Å². The van der Waals surface area contributed by atoms with Gasteiger partial charge in [0, 0.05) is 18.7 Å². The van der Waals surface area contributed by atoms with Crippen molar-refractivity contribution in [1.29, 1.82) is 0 Å². The van der Waals surface area contributed by atoms with Crippen molar-refractivity contribution < 1.29 is 0 Å². The number of rotatable bonds is 4. The molecule has 136 valence electrons. The summed E-state index contributed by atoms with van der Waals surface area (Å²) in [6.45, 7) is 0.736. The number of nitrogens with zero attached hydrogens (tertiary/aromatic N) is 5. The lowest BCUT2D eigenvalue weighted by molar-refractivity contribution is 0.685. The van der Waals surface area contributed by atoms with E-state index >= 15 is 0 Å². The van der Waals surface area contributed by atoms with E-state index in [1.165, 1.54) is 16.7 Å². The number of H-pyrrole nitrogens is 1. The van der Waals surface area contributed by atoms with E-state index in [9.17, 15) is 0 Å². The monoisotopic (exact) mass is 360 g/mol. The fourth-order valence-corrected chi connectivity index (χ4v) is 3.85. The fraction of sp³-hybridized carbons (Fsp3) is 0.263. The fourth-order valence-electron chi connectivity index (χ4n) is 3.85. The van der Waals surface area contributed by atoms with Crippen molar-refractivity contribution >= 4 is 17.0 Å². The van der Waals surface area contributed by atoms with E-state index in [2.05, 4.69) is 49.9 Å². The molecule has 4 aromatic rings. The molecule has 0 aliphatic heterocycles. The van der Waals surface area contributed by atoms with Gasteiger partial charge in [-0.3, -0.25) is 4.68 Å². The quantitative estimate of drug-likeness (QED) is 0.509. The van der Waals surface area contributed by atoms with Gasteiger partial charge < -0.3 is 11.5 Å². The normalized spacial score (nSPS) is 16.1. The van der Waals surface area contributed by atoms with Gasteiger partial charge in [-0.2, -0.15) is 15.4 Å². The Kier molecular flexibility index (Phi) is 3.64. The van der Waals surface area contributed by atoms with Crippen molar-refractivity contribution in [3.63, 3.8) is 0 Å². The van der Waals surface area contributed by atoms with E-state index in [4.69, 9.17) is 11.5 Å². The summed E-state index contributed by atoms with van der Waals surface area (Å²) in [5.41, 5.74) is 19.2. The second-order valence-electron chi connectivity index (χ2n) is 7.10. The Balaban J connectivity index is 1.36. The summed E-state index contributed by atoms with van der Waals surface area (Å²) in [5, 5.41) is 15.3. The SMILES string of the molecule is Nc1cc(Cc2cnn(Cc3ccc4c(c3)CC[C@@H]4N)c2)c2n[nH]nc2n1. The number of pyridine rings is 1. The zero-order chi connectivity index (χ0) is 18.4. The van der Waals surface area contributed by atoms with Gasteiger partial charge in [0.2, 0.25) is 5.65 Å². The lowest BCUT2D eigenvalue weighted by atomic mass is 10.1. The topological polar surface area (TPSA) is 124 Å². The van der Waals surface area contributed by atoms with Crippen LogP contribution in [0.4, 0.5) is 5.82 Å². The van der Waals surface area contributed by atoms with Gasteiger partial charge in [-0.15, -0.1) is 5.10 Å². The number of anilines is 1. The molecule has 0 amide bonds. The Labute approximate surface area is 155 Å². The maximum atomic E-state index is 6.13. The third kappa shape index (κ3) is 2.93. The number of nitrogens with one attached hydrogen (secondary N) is 1. The molecular weight excluding hydrogens is 340 g/mol. The molecule has 0 unspecified atom stereocenters. The van der Waals surface area contributed by atoms with E-state index in [0.29, 0.717) is 17.9 Å².